The smallest absolute Gasteiger partial charge is 0.267 e. The van der Waals surface area contributed by atoms with Crippen molar-refractivity contribution in [1.29, 1.82) is 5.26 Å². The van der Waals surface area contributed by atoms with Crippen molar-refractivity contribution < 1.29 is 9.53 Å². The van der Waals surface area contributed by atoms with Crippen LogP contribution in [0.5, 0.6) is 5.75 Å². The van der Waals surface area contributed by atoms with Crippen molar-refractivity contribution in [3.8, 4) is 11.8 Å². The lowest BCUT2D eigenvalue weighted by molar-refractivity contribution is -0.112. The van der Waals surface area contributed by atoms with Gasteiger partial charge in [-0.1, -0.05) is 12.1 Å². The fraction of sp³-hybridized carbons (Fsp3) is 0.333. The third-order valence-corrected chi connectivity index (χ3v) is 2.84. The van der Waals surface area contributed by atoms with Gasteiger partial charge in [0.2, 0.25) is 0 Å². The Morgan fingerprint density at radius 2 is 2.05 bits per heavy atom. The lowest BCUT2D eigenvalue weighted by atomic mass is 10.2. The zero-order valence-corrected chi connectivity index (χ0v) is 12.0. The molecule has 0 aromatic heterocycles. The van der Waals surface area contributed by atoms with Crippen molar-refractivity contribution in [3.05, 3.63) is 36.0 Å². The Balaban J connectivity index is 2.91. The number of carbonyl (C=O) groups is 1. The highest BCUT2D eigenvalue weighted by atomic mass is 16.5. The maximum absolute atomic E-state index is 12.1. The van der Waals surface area contributed by atoms with E-state index in [0.717, 1.165) is 13.1 Å². The zero-order chi connectivity index (χ0) is 15.0. The molecule has 0 aliphatic carbocycles. The zero-order valence-electron chi connectivity index (χ0n) is 12.0. The highest BCUT2D eigenvalue weighted by Gasteiger charge is 2.12. The molecule has 0 radical (unpaired) electrons. The standard InChI is InChI=1S/C15H19N3O2/c1-4-18(5-2)11-12(10-16)15(19)17-13-8-6-7-9-14(13)20-3/h6-9,11H,4-5H2,1-3H3,(H,17,19)/b12-11-. The SMILES string of the molecule is CCN(/C=C(/C#N)C(=O)Nc1ccccc1OC)CC. The van der Waals surface area contributed by atoms with Crippen LogP contribution in [0.25, 0.3) is 0 Å². The van der Waals surface area contributed by atoms with E-state index in [9.17, 15) is 4.79 Å². The Morgan fingerprint density at radius 1 is 1.40 bits per heavy atom. The molecule has 0 aliphatic rings. The highest BCUT2D eigenvalue weighted by Crippen LogP contribution is 2.23. The summed E-state index contributed by atoms with van der Waals surface area (Å²) < 4.78 is 5.16. The van der Waals surface area contributed by atoms with Crippen LogP contribution in [0.1, 0.15) is 13.8 Å². The van der Waals surface area contributed by atoms with Gasteiger partial charge in [-0.15, -0.1) is 0 Å². The molecule has 1 aromatic carbocycles. The van der Waals surface area contributed by atoms with Crippen LogP contribution in [0, 0.1) is 11.3 Å². The quantitative estimate of drug-likeness (QED) is 0.638. The maximum atomic E-state index is 12.1. The van der Waals surface area contributed by atoms with Crippen molar-refractivity contribution in [2.24, 2.45) is 0 Å². The van der Waals surface area contributed by atoms with E-state index < -0.39 is 5.91 Å². The number of benzene rings is 1. The van der Waals surface area contributed by atoms with Gasteiger partial charge in [-0.25, -0.2) is 0 Å². The number of ether oxygens (including phenoxy) is 1. The highest BCUT2D eigenvalue weighted by molar-refractivity contribution is 6.07. The van der Waals surface area contributed by atoms with Gasteiger partial charge in [-0.3, -0.25) is 4.79 Å². The topological polar surface area (TPSA) is 65.4 Å². The summed E-state index contributed by atoms with van der Waals surface area (Å²) in [5, 5.41) is 11.8. The van der Waals surface area contributed by atoms with Crippen LogP contribution in [-0.4, -0.2) is 31.0 Å². The number of hydrogen-bond donors (Lipinski definition) is 1. The number of carbonyl (C=O) groups excluding carboxylic acids is 1. The monoisotopic (exact) mass is 273 g/mol. The number of hydrogen-bond acceptors (Lipinski definition) is 4. The molecule has 5 nitrogen and oxygen atoms in total. The molecular weight excluding hydrogens is 254 g/mol. The van der Waals surface area contributed by atoms with E-state index in [0.29, 0.717) is 11.4 Å². The second-order valence-corrected chi connectivity index (χ2v) is 4.03. The van der Waals surface area contributed by atoms with Gasteiger partial charge in [0.1, 0.15) is 17.4 Å². The number of nitrogens with zero attached hydrogens (tertiary/aromatic N) is 2. The Labute approximate surface area is 119 Å². The number of anilines is 1. The first-order valence-corrected chi connectivity index (χ1v) is 6.46. The minimum Gasteiger partial charge on any atom is -0.495 e. The van der Waals surface area contributed by atoms with Gasteiger partial charge in [0, 0.05) is 19.3 Å². The number of nitrogens with one attached hydrogen (secondary N) is 1. The molecular formula is C15H19N3O2. The minimum absolute atomic E-state index is 0.0691. The molecule has 0 saturated carbocycles. The molecule has 1 aromatic rings. The van der Waals surface area contributed by atoms with Gasteiger partial charge >= 0.3 is 0 Å². The molecule has 0 spiro atoms. The van der Waals surface area contributed by atoms with Gasteiger partial charge < -0.3 is 15.0 Å². The second kappa shape index (κ2) is 7.85. The van der Waals surface area contributed by atoms with Gasteiger partial charge in [-0.05, 0) is 26.0 Å². The van der Waals surface area contributed by atoms with Crippen molar-refractivity contribution in [1.82, 2.24) is 4.90 Å². The molecule has 0 bridgehead atoms. The van der Waals surface area contributed by atoms with E-state index in [1.165, 1.54) is 7.11 Å². The summed E-state index contributed by atoms with van der Waals surface area (Å²) in [5.41, 5.74) is 0.611. The van der Waals surface area contributed by atoms with Gasteiger partial charge in [0.25, 0.3) is 5.91 Å². The normalized spacial score (nSPS) is 10.6. The van der Waals surface area contributed by atoms with Crippen molar-refractivity contribution in [3.63, 3.8) is 0 Å². The molecule has 0 heterocycles. The van der Waals surface area contributed by atoms with E-state index in [-0.39, 0.29) is 5.57 Å². The van der Waals surface area contributed by atoms with Gasteiger partial charge in [0.15, 0.2) is 0 Å². The van der Waals surface area contributed by atoms with E-state index in [1.54, 1.807) is 24.4 Å². The van der Waals surface area contributed by atoms with Crippen LogP contribution < -0.4 is 10.1 Å². The Morgan fingerprint density at radius 3 is 2.60 bits per heavy atom. The van der Waals surface area contributed by atoms with Crippen molar-refractivity contribution in [2.75, 3.05) is 25.5 Å². The third-order valence-electron chi connectivity index (χ3n) is 2.84. The van der Waals surface area contributed by atoms with Crippen molar-refractivity contribution >= 4 is 11.6 Å². The summed E-state index contributed by atoms with van der Waals surface area (Å²) in [7, 11) is 1.53. The predicted molar refractivity (Wildman–Crippen MR) is 78.2 cm³/mol. The lowest BCUT2D eigenvalue weighted by Gasteiger charge is -2.16. The summed E-state index contributed by atoms with van der Waals surface area (Å²) >= 11 is 0. The average Bonchev–Trinajstić information content (AvgIpc) is 2.49. The first kappa shape index (κ1) is 15.6. The van der Waals surface area contributed by atoms with E-state index in [1.807, 2.05) is 30.9 Å². The first-order chi connectivity index (χ1) is 9.65. The van der Waals surface area contributed by atoms with Gasteiger partial charge in [-0.2, -0.15) is 5.26 Å². The summed E-state index contributed by atoms with van der Waals surface area (Å²) in [6.07, 6.45) is 1.57. The molecule has 0 unspecified atom stereocenters. The summed E-state index contributed by atoms with van der Waals surface area (Å²) in [6.45, 7) is 5.41. The number of amides is 1. The largest absolute Gasteiger partial charge is 0.495 e. The molecule has 1 amide bonds. The maximum Gasteiger partial charge on any atom is 0.267 e. The fourth-order valence-corrected chi connectivity index (χ4v) is 1.66. The fourth-order valence-electron chi connectivity index (χ4n) is 1.66. The molecule has 1 N–H and O–H groups in total. The molecule has 20 heavy (non-hydrogen) atoms. The molecule has 106 valence electrons. The van der Waals surface area contributed by atoms with E-state index >= 15 is 0 Å². The van der Waals surface area contributed by atoms with Crippen LogP contribution >= 0.6 is 0 Å². The molecule has 0 fully saturated rings. The Bertz CT molecular complexity index is 528. The number of para-hydroxylation sites is 2. The van der Waals surface area contributed by atoms with Crippen LogP contribution in [0.4, 0.5) is 5.69 Å². The summed E-state index contributed by atoms with van der Waals surface area (Å²) in [6, 6.07) is 9.00. The van der Waals surface area contributed by atoms with Crippen molar-refractivity contribution in [2.45, 2.75) is 13.8 Å². The van der Waals surface area contributed by atoms with Crippen LogP contribution in [0.2, 0.25) is 0 Å². The van der Waals surface area contributed by atoms with Crippen LogP contribution in [-0.2, 0) is 4.79 Å². The number of rotatable bonds is 6. The van der Waals surface area contributed by atoms with Crippen LogP contribution in [0.15, 0.2) is 36.0 Å². The third kappa shape index (κ3) is 4.02. The van der Waals surface area contributed by atoms with Gasteiger partial charge in [0.05, 0.1) is 12.8 Å². The lowest BCUT2D eigenvalue weighted by Crippen LogP contribution is -2.21. The second-order valence-electron chi connectivity index (χ2n) is 4.03. The van der Waals surface area contributed by atoms with E-state index in [4.69, 9.17) is 10.00 Å². The summed E-state index contributed by atoms with van der Waals surface area (Å²) in [4.78, 5) is 14.0. The van der Waals surface area contributed by atoms with E-state index in [2.05, 4.69) is 5.32 Å². The molecule has 5 heteroatoms. The Hall–Kier alpha value is -2.48. The average molecular weight is 273 g/mol. The first-order valence-electron chi connectivity index (χ1n) is 6.46. The van der Waals surface area contributed by atoms with Crippen LogP contribution in [0.3, 0.4) is 0 Å². The number of methoxy groups -OCH3 is 1. The molecule has 0 saturated heterocycles. The molecule has 0 atom stereocenters. The number of nitriles is 1. The molecule has 0 aliphatic heterocycles. The minimum atomic E-state index is -0.441. The molecule has 1 rings (SSSR count). The predicted octanol–water partition coefficient (Wildman–Crippen LogP) is 2.38. The Kier molecular flexibility index (Phi) is 6.11. The summed E-state index contributed by atoms with van der Waals surface area (Å²) in [5.74, 6) is 0.116.